The molecule has 1 heterocycles. The summed E-state index contributed by atoms with van der Waals surface area (Å²) in [6, 6.07) is 14.9. The van der Waals surface area contributed by atoms with E-state index in [2.05, 4.69) is 6.92 Å². The average Bonchev–Trinajstić information content (AvgIpc) is 2.88. The summed E-state index contributed by atoms with van der Waals surface area (Å²) in [5, 5.41) is 19.5. The van der Waals surface area contributed by atoms with Crippen LogP contribution in [0.15, 0.2) is 48.5 Å². The number of hydrogen-bond acceptors (Lipinski definition) is 3. The quantitative estimate of drug-likeness (QED) is 0.679. The average molecular weight is 360 g/mol. The molecular weight excluding hydrogens is 338 g/mol. The number of hydrogen-bond donors (Lipinski definition) is 2. The lowest BCUT2D eigenvalue weighted by Gasteiger charge is -2.14. The van der Waals surface area contributed by atoms with Crippen LogP contribution in [0.3, 0.4) is 0 Å². The van der Waals surface area contributed by atoms with Gasteiger partial charge in [0.05, 0.1) is 17.6 Å². The third-order valence-corrected chi connectivity index (χ3v) is 4.32. The van der Waals surface area contributed by atoms with Gasteiger partial charge in [-0.2, -0.15) is 0 Å². The molecule has 0 amide bonds. The zero-order chi connectivity index (χ0) is 17.8. The van der Waals surface area contributed by atoms with Crippen molar-refractivity contribution in [1.29, 1.82) is 5.41 Å². The third kappa shape index (κ3) is 3.89. The van der Waals surface area contributed by atoms with Crippen molar-refractivity contribution in [2.45, 2.75) is 32.5 Å². The van der Waals surface area contributed by atoms with Crippen LogP contribution in [0.1, 0.15) is 13.3 Å². The van der Waals surface area contributed by atoms with Crippen LogP contribution in [0.5, 0.6) is 5.75 Å². The van der Waals surface area contributed by atoms with Gasteiger partial charge in [0.2, 0.25) is 5.62 Å². The smallest absolute Gasteiger partial charge is 0.203 e. The highest BCUT2D eigenvalue weighted by molar-refractivity contribution is 6.30. The number of rotatable bonds is 7. The van der Waals surface area contributed by atoms with E-state index in [1.807, 2.05) is 33.4 Å². The normalized spacial score (nSPS) is 12.4. The highest BCUT2D eigenvalue weighted by atomic mass is 35.5. The zero-order valence-electron chi connectivity index (χ0n) is 14.2. The fraction of sp³-hybridized carbons (Fsp3) is 0.316. The lowest BCUT2D eigenvalue weighted by Crippen LogP contribution is -2.31. The molecule has 0 unspecified atom stereocenters. The van der Waals surface area contributed by atoms with E-state index in [1.54, 1.807) is 24.3 Å². The maximum absolute atomic E-state index is 10.4. The van der Waals surface area contributed by atoms with Crippen LogP contribution in [0.2, 0.25) is 5.02 Å². The van der Waals surface area contributed by atoms with E-state index in [-0.39, 0.29) is 6.61 Å². The molecular formula is C19H22ClN3O2. The number of imidazole rings is 1. The Balaban J connectivity index is 1.76. The van der Waals surface area contributed by atoms with E-state index < -0.39 is 6.10 Å². The van der Waals surface area contributed by atoms with Crippen molar-refractivity contribution >= 4 is 22.6 Å². The summed E-state index contributed by atoms with van der Waals surface area (Å²) >= 11 is 5.85. The maximum Gasteiger partial charge on any atom is 0.203 e. The summed E-state index contributed by atoms with van der Waals surface area (Å²) in [6.45, 7) is 3.34. The van der Waals surface area contributed by atoms with Crippen LogP contribution < -0.4 is 10.4 Å². The van der Waals surface area contributed by atoms with Gasteiger partial charge in [0.25, 0.3) is 0 Å². The zero-order valence-corrected chi connectivity index (χ0v) is 14.9. The highest BCUT2D eigenvalue weighted by Crippen LogP contribution is 2.17. The van der Waals surface area contributed by atoms with Crippen LogP contribution in [0.4, 0.5) is 0 Å². The molecule has 0 aliphatic heterocycles. The second kappa shape index (κ2) is 7.76. The molecule has 0 spiro atoms. The van der Waals surface area contributed by atoms with Gasteiger partial charge in [0.1, 0.15) is 18.5 Å². The Hall–Kier alpha value is -2.24. The minimum atomic E-state index is -0.717. The lowest BCUT2D eigenvalue weighted by atomic mass is 10.3. The van der Waals surface area contributed by atoms with Gasteiger partial charge in [-0.15, -0.1) is 0 Å². The molecule has 3 rings (SSSR count). The summed E-state index contributed by atoms with van der Waals surface area (Å²) in [6.07, 6.45) is 0.234. The molecule has 0 fully saturated rings. The molecule has 6 heteroatoms. The first-order valence-electron chi connectivity index (χ1n) is 8.39. The Morgan fingerprint density at radius 1 is 1.08 bits per heavy atom. The largest absolute Gasteiger partial charge is 0.491 e. The number of aliphatic hydroxyl groups excluding tert-OH is 1. The van der Waals surface area contributed by atoms with Gasteiger partial charge in [-0.25, -0.2) is 0 Å². The molecule has 0 aliphatic rings. The fourth-order valence-corrected chi connectivity index (χ4v) is 3.04. The number of benzene rings is 2. The standard InChI is InChI=1S/C19H22ClN3O2/c1-2-11-22-17-5-3-4-6-18(17)23(19(22)21)12-15(24)13-25-16-9-7-14(20)8-10-16/h3-10,15,21,24H,2,11-13H2,1H3/t15-/m1/s1. The van der Waals surface area contributed by atoms with Gasteiger partial charge >= 0.3 is 0 Å². The summed E-state index contributed by atoms with van der Waals surface area (Å²) in [5.41, 5.74) is 2.36. The van der Waals surface area contributed by atoms with Crippen LogP contribution in [-0.2, 0) is 13.1 Å². The molecule has 2 N–H and O–H groups in total. The van der Waals surface area contributed by atoms with E-state index in [1.165, 1.54) is 0 Å². The lowest BCUT2D eigenvalue weighted by molar-refractivity contribution is 0.0921. The number of para-hydroxylation sites is 2. The first-order chi connectivity index (χ1) is 12.1. The summed E-state index contributed by atoms with van der Waals surface area (Å²) in [5.74, 6) is 0.660. The second-order valence-corrected chi connectivity index (χ2v) is 6.43. The Morgan fingerprint density at radius 3 is 2.36 bits per heavy atom. The number of aliphatic hydroxyl groups is 1. The molecule has 25 heavy (non-hydrogen) atoms. The molecule has 1 atom stereocenters. The number of fused-ring (bicyclic) bond motifs is 1. The number of aromatic nitrogens is 2. The van der Waals surface area contributed by atoms with Crippen molar-refractivity contribution in [2.24, 2.45) is 0 Å². The van der Waals surface area contributed by atoms with E-state index in [0.29, 0.717) is 22.9 Å². The molecule has 0 saturated heterocycles. The molecule has 132 valence electrons. The topological polar surface area (TPSA) is 63.2 Å². The van der Waals surface area contributed by atoms with Gasteiger partial charge in [-0.1, -0.05) is 30.7 Å². The summed E-state index contributed by atoms with van der Waals surface area (Å²) < 4.78 is 9.42. The van der Waals surface area contributed by atoms with Gasteiger partial charge in [0.15, 0.2) is 0 Å². The summed E-state index contributed by atoms with van der Waals surface area (Å²) in [4.78, 5) is 0. The number of nitrogens with one attached hydrogen (secondary N) is 1. The van der Waals surface area contributed by atoms with Crippen LogP contribution >= 0.6 is 11.6 Å². The first-order valence-corrected chi connectivity index (χ1v) is 8.77. The third-order valence-electron chi connectivity index (χ3n) is 4.07. The van der Waals surface area contributed by atoms with Crippen molar-refractivity contribution in [2.75, 3.05) is 6.61 Å². The Bertz CT molecular complexity index is 899. The van der Waals surface area contributed by atoms with E-state index in [0.717, 1.165) is 24.0 Å². The van der Waals surface area contributed by atoms with E-state index in [9.17, 15) is 5.11 Å². The van der Waals surface area contributed by atoms with Gasteiger partial charge in [-0.3, -0.25) is 5.41 Å². The van der Waals surface area contributed by atoms with Crippen molar-refractivity contribution in [3.63, 3.8) is 0 Å². The molecule has 1 aromatic heterocycles. The fourth-order valence-electron chi connectivity index (χ4n) is 2.92. The van der Waals surface area contributed by atoms with E-state index >= 15 is 0 Å². The van der Waals surface area contributed by atoms with E-state index in [4.69, 9.17) is 21.7 Å². The molecule has 5 nitrogen and oxygen atoms in total. The molecule has 3 aromatic rings. The van der Waals surface area contributed by atoms with Crippen molar-refractivity contribution in [3.8, 4) is 5.75 Å². The minimum Gasteiger partial charge on any atom is -0.491 e. The van der Waals surface area contributed by atoms with Crippen molar-refractivity contribution in [1.82, 2.24) is 9.13 Å². The van der Waals surface area contributed by atoms with Crippen LogP contribution in [0, 0.1) is 5.41 Å². The molecule has 0 aliphatic carbocycles. The first kappa shape index (κ1) is 17.6. The number of nitrogens with zero attached hydrogens (tertiary/aromatic N) is 2. The number of halogens is 1. The Labute approximate surface area is 151 Å². The minimum absolute atomic E-state index is 0.154. The van der Waals surface area contributed by atoms with Gasteiger partial charge in [0, 0.05) is 11.6 Å². The molecule has 0 radical (unpaired) electrons. The highest BCUT2D eigenvalue weighted by Gasteiger charge is 2.14. The maximum atomic E-state index is 10.4. The summed E-state index contributed by atoms with van der Waals surface area (Å²) in [7, 11) is 0. The van der Waals surface area contributed by atoms with Crippen molar-refractivity contribution < 1.29 is 9.84 Å². The van der Waals surface area contributed by atoms with Crippen LogP contribution in [0.25, 0.3) is 11.0 Å². The SMILES string of the molecule is CCCn1c(=N)n(C[C@@H](O)COc2ccc(Cl)cc2)c2ccccc21. The monoisotopic (exact) mass is 359 g/mol. The molecule has 0 saturated carbocycles. The Morgan fingerprint density at radius 2 is 1.72 bits per heavy atom. The van der Waals surface area contributed by atoms with Gasteiger partial charge in [-0.05, 0) is 42.8 Å². The number of aryl methyl sites for hydroxylation is 1. The Kier molecular flexibility index (Phi) is 5.46. The second-order valence-electron chi connectivity index (χ2n) is 5.99. The molecule has 2 aromatic carbocycles. The van der Waals surface area contributed by atoms with Crippen LogP contribution in [-0.4, -0.2) is 27.0 Å². The predicted molar refractivity (Wildman–Crippen MR) is 99.0 cm³/mol. The van der Waals surface area contributed by atoms with Gasteiger partial charge < -0.3 is 19.0 Å². The number of ether oxygens (including phenoxy) is 1. The predicted octanol–water partition coefficient (Wildman–Crippen LogP) is 3.43. The molecule has 0 bridgehead atoms. The van der Waals surface area contributed by atoms with Crippen molar-refractivity contribution in [3.05, 3.63) is 59.2 Å².